The zero-order chi connectivity index (χ0) is 74.6. The molecule has 592 valence electrons. The van der Waals surface area contributed by atoms with Crippen molar-refractivity contribution in [1.82, 2.24) is 0 Å². The van der Waals surface area contributed by atoms with Gasteiger partial charge in [-0.2, -0.15) is 0 Å². The SMILES string of the molecule is CC/C=C\C/C=C\C/C=C\C/C=C\C/C=C\C/C=C\C/C=C\C/C=C\C/C=C\C/C=C\CCCCCCCCCCC(=O)OC(COC(=O)CCCCCCCCCCCCCCCCCCCCCCCCCCCCC/C=C\CCCCCCCCCC)COC(OCC[N+](C)(C)C)C(=O)[O-]. The largest absolute Gasteiger partial charge is 0.545 e. The monoisotopic (exact) mass is 1430 g/mol. The van der Waals surface area contributed by atoms with E-state index in [1.165, 1.54) is 244 Å². The molecule has 9 nitrogen and oxygen atoms in total. The summed E-state index contributed by atoms with van der Waals surface area (Å²) in [6.45, 7) is 4.66. The predicted molar refractivity (Wildman–Crippen MR) is 444 cm³/mol. The highest BCUT2D eigenvalue weighted by Crippen LogP contribution is 2.19. The Labute approximate surface area is 637 Å². The van der Waals surface area contributed by atoms with E-state index in [0.29, 0.717) is 17.4 Å². The highest BCUT2D eigenvalue weighted by Gasteiger charge is 2.22. The highest BCUT2D eigenvalue weighted by atomic mass is 16.7. The van der Waals surface area contributed by atoms with Gasteiger partial charge in [-0.1, -0.05) is 392 Å². The molecule has 2 unspecified atom stereocenters. The summed E-state index contributed by atoms with van der Waals surface area (Å²) >= 11 is 0. The average molecular weight is 1440 g/mol. The van der Waals surface area contributed by atoms with Gasteiger partial charge in [0, 0.05) is 12.8 Å². The normalized spacial score (nSPS) is 13.3. The molecule has 0 fully saturated rings. The summed E-state index contributed by atoms with van der Waals surface area (Å²) in [6.07, 6.45) is 117. The van der Waals surface area contributed by atoms with E-state index in [-0.39, 0.29) is 38.6 Å². The Balaban J connectivity index is 4.03. The molecule has 0 aromatic rings. The molecular formula is C94H163NO8. The van der Waals surface area contributed by atoms with Gasteiger partial charge in [-0.15, -0.1) is 0 Å². The van der Waals surface area contributed by atoms with Crippen LogP contribution in [0.5, 0.6) is 0 Å². The fourth-order valence-corrected chi connectivity index (χ4v) is 12.3. The Morgan fingerprint density at radius 2 is 0.553 bits per heavy atom. The average Bonchev–Trinajstić information content (AvgIpc) is 0.985. The van der Waals surface area contributed by atoms with Crippen LogP contribution in [-0.4, -0.2) is 82.3 Å². The third-order valence-electron chi connectivity index (χ3n) is 18.9. The van der Waals surface area contributed by atoms with E-state index in [1.54, 1.807) is 0 Å². The molecule has 0 saturated heterocycles. The molecule has 0 aliphatic heterocycles. The number of carbonyl (C=O) groups is 3. The van der Waals surface area contributed by atoms with E-state index >= 15 is 0 Å². The lowest BCUT2D eigenvalue weighted by atomic mass is 10.0. The molecule has 0 rings (SSSR count). The van der Waals surface area contributed by atoms with E-state index in [4.69, 9.17) is 18.9 Å². The Morgan fingerprint density at radius 3 is 0.835 bits per heavy atom. The van der Waals surface area contributed by atoms with Gasteiger partial charge in [-0.25, -0.2) is 0 Å². The lowest BCUT2D eigenvalue weighted by molar-refractivity contribution is -0.870. The number of carboxylic acid groups (broad SMARTS) is 1. The number of rotatable bonds is 80. The first kappa shape index (κ1) is 98.4. The number of quaternary nitrogens is 1. The molecule has 0 amide bonds. The molecule has 0 spiro atoms. The Kier molecular flexibility index (Phi) is 79.4. The molecular weight excluding hydrogens is 1270 g/mol. The Hall–Kier alpha value is -4.57. The van der Waals surface area contributed by atoms with Crippen LogP contribution in [0.1, 0.15) is 386 Å². The first-order chi connectivity index (χ1) is 50.6. The Morgan fingerprint density at radius 1 is 0.301 bits per heavy atom. The summed E-state index contributed by atoms with van der Waals surface area (Å²) in [7, 11) is 5.94. The minimum atomic E-state index is -1.63. The molecule has 2 atom stereocenters. The molecule has 103 heavy (non-hydrogen) atoms. The van der Waals surface area contributed by atoms with E-state index in [2.05, 4.69) is 148 Å². The van der Waals surface area contributed by atoms with Crippen LogP contribution in [0.15, 0.2) is 134 Å². The minimum absolute atomic E-state index is 0.142. The van der Waals surface area contributed by atoms with Gasteiger partial charge >= 0.3 is 11.9 Å². The third kappa shape index (κ3) is 84.6. The molecule has 0 aromatic heterocycles. The number of carbonyl (C=O) groups excluding carboxylic acids is 3. The van der Waals surface area contributed by atoms with Crippen molar-refractivity contribution in [3.8, 4) is 0 Å². The van der Waals surface area contributed by atoms with Gasteiger partial charge in [0.15, 0.2) is 12.4 Å². The molecule has 0 radical (unpaired) electrons. The standard InChI is InChI=1S/C94H163NO8/c1-6-8-10-12-14-16-18-20-22-24-26-28-30-32-34-36-38-40-42-44-46-48-50-52-54-56-58-60-62-64-66-68-70-72-74-76-78-80-82-84-91(96)101-88-90(89-102-94(93(98)99)100-87-86-95(3,4)5)103-92(97)85-83-81-79-77-75-73-71-69-67-65-63-61-59-57-55-53-51-49-47-45-43-41-39-37-35-33-31-29-27-25-23-21-19-17-15-13-11-9-7-2/h9,11,15,17,21,23-24,26-27,29,33,35,39,41,45,47,51,53,57,59,63,65,90,94H,6-8,10,12-14,16,18-20,22,25,28,30-32,34,36-38,40,42-44,46,48-50,52,54-56,58,60-62,64,66-89H2,1-5H3/b11-9-,17-15-,23-21-,26-24-,29-27-,35-33-,41-39-,47-45-,53-51-,59-57-,65-63-. The van der Waals surface area contributed by atoms with Crippen LogP contribution in [0, 0.1) is 0 Å². The van der Waals surface area contributed by atoms with Gasteiger partial charge in [0.1, 0.15) is 13.2 Å². The summed E-state index contributed by atoms with van der Waals surface area (Å²) in [5.74, 6) is -2.28. The number of allylic oxidation sites excluding steroid dienone is 22. The van der Waals surface area contributed by atoms with Crippen LogP contribution < -0.4 is 5.11 Å². The number of carboxylic acids is 1. The topological polar surface area (TPSA) is 111 Å². The van der Waals surface area contributed by atoms with Crippen molar-refractivity contribution >= 4 is 17.9 Å². The van der Waals surface area contributed by atoms with Crippen molar-refractivity contribution in [3.05, 3.63) is 134 Å². The van der Waals surface area contributed by atoms with Gasteiger partial charge < -0.3 is 33.3 Å². The van der Waals surface area contributed by atoms with Crippen LogP contribution in [-0.2, 0) is 33.3 Å². The summed E-state index contributed by atoms with van der Waals surface area (Å²) < 4.78 is 22.9. The van der Waals surface area contributed by atoms with Crippen LogP contribution in [0.2, 0.25) is 0 Å². The van der Waals surface area contributed by atoms with Crippen LogP contribution in [0.25, 0.3) is 0 Å². The number of hydrogen-bond donors (Lipinski definition) is 0. The van der Waals surface area contributed by atoms with Crippen molar-refractivity contribution in [2.24, 2.45) is 0 Å². The van der Waals surface area contributed by atoms with Crippen LogP contribution >= 0.6 is 0 Å². The third-order valence-corrected chi connectivity index (χ3v) is 18.9. The van der Waals surface area contributed by atoms with E-state index < -0.39 is 24.3 Å². The maximum atomic E-state index is 13.0. The van der Waals surface area contributed by atoms with Crippen LogP contribution in [0.3, 0.4) is 0 Å². The molecule has 9 heteroatoms. The molecule has 0 saturated carbocycles. The van der Waals surface area contributed by atoms with E-state index in [1.807, 2.05) is 21.1 Å². The van der Waals surface area contributed by atoms with Crippen LogP contribution in [0.4, 0.5) is 0 Å². The number of ether oxygens (including phenoxy) is 4. The first-order valence-electron chi connectivity index (χ1n) is 43.3. The number of aliphatic carboxylic acids is 1. The summed E-state index contributed by atoms with van der Waals surface area (Å²) in [4.78, 5) is 37.7. The van der Waals surface area contributed by atoms with E-state index in [0.717, 1.165) is 109 Å². The smallest absolute Gasteiger partial charge is 0.306 e. The zero-order valence-electron chi connectivity index (χ0n) is 67.9. The Bertz CT molecular complexity index is 2170. The van der Waals surface area contributed by atoms with Gasteiger partial charge in [-0.3, -0.25) is 9.59 Å². The summed E-state index contributed by atoms with van der Waals surface area (Å²) in [6, 6.07) is 0. The minimum Gasteiger partial charge on any atom is -0.545 e. The lowest BCUT2D eigenvalue weighted by Crippen LogP contribution is -2.44. The second kappa shape index (κ2) is 83.1. The molecule has 0 aliphatic carbocycles. The highest BCUT2D eigenvalue weighted by molar-refractivity contribution is 5.70. The molecule has 0 heterocycles. The molecule has 0 aromatic carbocycles. The van der Waals surface area contributed by atoms with Crippen molar-refractivity contribution in [3.63, 3.8) is 0 Å². The number of nitrogens with zero attached hydrogens (tertiary/aromatic N) is 1. The van der Waals surface area contributed by atoms with Gasteiger partial charge in [0.05, 0.1) is 40.3 Å². The summed E-state index contributed by atoms with van der Waals surface area (Å²) in [5, 5.41) is 11.9. The van der Waals surface area contributed by atoms with Crippen molar-refractivity contribution in [2.75, 3.05) is 47.5 Å². The quantitative estimate of drug-likeness (QED) is 0.0195. The predicted octanol–water partition coefficient (Wildman–Crippen LogP) is 27.0. The second-order valence-corrected chi connectivity index (χ2v) is 30.1. The maximum Gasteiger partial charge on any atom is 0.306 e. The second-order valence-electron chi connectivity index (χ2n) is 30.1. The fourth-order valence-electron chi connectivity index (χ4n) is 12.3. The number of unbranched alkanes of at least 4 members (excludes halogenated alkanes) is 43. The van der Waals surface area contributed by atoms with Gasteiger partial charge in [0.2, 0.25) is 0 Å². The van der Waals surface area contributed by atoms with Crippen molar-refractivity contribution in [1.29, 1.82) is 0 Å². The number of likely N-dealkylation sites (N-methyl/N-ethyl adjacent to an activating group) is 1. The first-order valence-corrected chi connectivity index (χ1v) is 43.3. The summed E-state index contributed by atoms with van der Waals surface area (Å²) in [5.41, 5.74) is 0. The van der Waals surface area contributed by atoms with Gasteiger partial charge in [-0.05, 0) is 116 Å². The fraction of sp³-hybridized carbons (Fsp3) is 0.734. The van der Waals surface area contributed by atoms with Gasteiger partial charge in [0.25, 0.3) is 0 Å². The van der Waals surface area contributed by atoms with Crippen molar-refractivity contribution < 1.29 is 42.9 Å². The lowest BCUT2D eigenvalue weighted by Gasteiger charge is -2.26. The molecule has 0 aliphatic rings. The zero-order valence-corrected chi connectivity index (χ0v) is 67.9. The number of esters is 2. The molecule has 0 bridgehead atoms. The number of hydrogen-bond acceptors (Lipinski definition) is 8. The van der Waals surface area contributed by atoms with E-state index in [9.17, 15) is 19.5 Å². The molecule has 0 N–H and O–H groups in total. The van der Waals surface area contributed by atoms with Crippen molar-refractivity contribution in [2.45, 2.75) is 399 Å². The maximum absolute atomic E-state index is 13.0.